The van der Waals surface area contributed by atoms with Crippen molar-refractivity contribution in [2.45, 2.75) is 19.4 Å². The molecule has 0 radical (unpaired) electrons. The van der Waals surface area contributed by atoms with Crippen LogP contribution in [0.1, 0.15) is 12.8 Å². The molecule has 1 amide bonds. The SMILES string of the molecule is Cn1nccc1Nc1nc(Nc2ccc(N3CCOCC3)cc2)c2ncn(CCN3CCCC3=O)c2n1. The van der Waals surface area contributed by atoms with Gasteiger partial charge < -0.3 is 29.7 Å². The van der Waals surface area contributed by atoms with Crippen molar-refractivity contribution in [3.63, 3.8) is 0 Å². The molecule has 0 saturated carbocycles. The summed E-state index contributed by atoms with van der Waals surface area (Å²) >= 11 is 0. The minimum absolute atomic E-state index is 0.209. The standard InChI is InChI=1S/C25H30N10O2/c1-32-20(8-9-27-32)29-25-30-23(28-18-4-6-19(7-5-18)33-13-15-37-16-14-33)22-24(31-25)35(17-26-22)12-11-34-10-2-3-21(34)36/h4-9,17H,2-3,10-16H2,1H3,(H2,28,29,30,31). The molecule has 2 aliphatic rings. The predicted molar refractivity (Wildman–Crippen MR) is 140 cm³/mol. The van der Waals surface area contributed by atoms with Crippen LogP contribution in [0, 0.1) is 0 Å². The first-order valence-electron chi connectivity index (χ1n) is 12.6. The van der Waals surface area contributed by atoms with Gasteiger partial charge in [0, 0.05) is 63.6 Å². The van der Waals surface area contributed by atoms with Gasteiger partial charge in [-0.15, -0.1) is 0 Å². The third kappa shape index (κ3) is 4.92. The fraction of sp³-hybridized carbons (Fsp3) is 0.400. The highest BCUT2D eigenvalue weighted by atomic mass is 16.5. The molecule has 0 atom stereocenters. The van der Waals surface area contributed by atoms with Crippen LogP contribution in [0.3, 0.4) is 0 Å². The lowest BCUT2D eigenvalue weighted by molar-refractivity contribution is -0.127. The Kier molecular flexibility index (Phi) is 6.31. The lowest BCUT2D eigenvalue weighted by atomic mass is 10.2. The van der Waals surface area contributed by atoms with Gasteiger partial charge in [-0.05, 0) is 30.7 Å². The average molecular weight is 503 g/mol. The van der Waals surface area contributed by atoms with E-state index < -0.39 is 0 Å². The van der Waals surface area contributed by atoms with Crippen LogP contribution in [0.4, 0.5) is 29.0 Å². The Hall–Kier alpha value is -4.19. The van der Waals surface area contributed by atoms with E-state index in [0.29, 0.717) is 42.4 Å². The van der Waals surface area contributed by atoms with E-state index in [1.54, 1.807) is 17.2 Å². The van der Waals surface area contributed by atoms with Crippen molar-refractivity contribution in [1.29, 1.82) is 0 Å². The average Bonchev–Trinajstić information content (AvgIpc) is 3.64. The summed E-state index contributed by atoms with van der Waals surface area (Å²) in [5, 5.41) is 10.9. The van der Waals surface area contributed by atoms with E-state index in [-0.39, 0.29) is 5.91 Å². The Balaban J connectivity index is 1.29. The van der Waals surface area contributed by atoms with Crippen molar-refractivity contribution in [3.05, 3.63) is 42.9 Å². The summed E-state index contributed by atoms with van der Waals surface area (Å²) in [6, 6.07) is 10.2. The molecule has 0 aliphatic carbocycles. The smallest absolute Gasteiger partial charge is 0.232 e. The maximum atomic E-state index is 12.1. The lowest BCUT2D eigenvalue weighted by Gasteiger charge is -2.28. The topological polar surface area (TPSA) is 118 Å². The predicted octanol–water partition coefficient (Wildman–Crippen LogP) is 2.51. The number of aryl methyl sites for hydroxylation is 1. The first-order chi connectivity index (χ1) is 18.1. The molecular formula is C25H30N10O2. The van der Waals surface area contributed by atoms with Gasteiger partial charge in [-0.2, -0.15) is 15.1 Å². The second kappa shape index (κ2) is 10.1. The number of amides is 1. The first-order valence-corrected chi connectivity index (χ1v) is 12.6. The number of hydrogen-bond donors (Lipinski definition) is 2. The van der Waals surface area contributed by atoms with E-state index in [0.717, 1.165) is 50.8 Å². The first kappa shape index (κ1) is 23.2. The molecule has 37 heavy (non-hydrogen) atoms. The molecule has 0 bridgehead atoms. The number of imidazole rings is 1. The number of morpholine rings is 1. The van der Waals surface area contributed by atoms with Gasteiger partial charge in [0.05, 0.1) is 25.7 Å². The summed E-state index contributed by atoms with van der Waals surface area (Å²) in [5.74, 6) is 2.02. The Morgan fingerprint density at radius 3 is 2.57 bits per heavy atom. The fourth-order valence-corrected chi connectivity index (χ4v) is 4.74. The number of hydrogen-bond acceptors (Lipinski definition) is 9. The van der Waals surface area contributed by atoms with E-state index in [9.17, 15) is 4.79 Å². The van der Waals surface area contributed by atoms with Crippen molar-refractivity contribution < 1.29 is 9.53 Å². The molecule has 12 nitrogen and oxygen atoms in total. The van der Waals surface area contributed by atoms with Gasteiger partial charge in [-0.3, -0.25) is 9.48 Å². The largest absolute Gasteiger partial charge is 0.378 e. The van der Waals surface area contributed by atoms with Crippen LogP contribution >= 0.6 is 0 Å². The van der Waals surface area contributed by atoms with Gasteiger partial charge in [-0.25, -0.2) is 4.98 Å². The van der Waals surface area contributed by atoms with E-state index in [1.807, 2.05) is 34.7 Å². The highest BCUT2D eigenvalue weighted by Crippen LogP contribution is 2.27. The normalized spacial score (nSPS) is 16.1. The summed E-state index contributed by atoms with van der Waals surface area (Å²) in [6.45, 7) is 5.33. The van der Waals surface area contributed by atoms with Crippen LogP contribution in [-0.4, -0.2) is 79.5 Å². The number of nitrogens with one attached hydrogen (secondary N) is 2. The highest BCUT2D eigenvalue weighted by Gasteiger charge is 2.21. The van der Waals surface area contributed by atoms with Crippen molar-refractivity contribution in [3.8, 4) is 0 Å². The summed E-state index contributed by atoms with van der Waals surface area (Å²) in [7, 11) is 1.85. The third-order valence-corrected chi connectivity index (χ3v) is 6.81. The zero-order valence-electron chi connectivity index (χ0n) is 20.8. The molecule has 5 heterocycles. The van der Waals surface area contributed by atoms with Crippen LogP contribution in [0.5, 0.6) is 0 Å². The minimum atomic E-state index is 0.209. The van der Waals surface area contributed by atoms with E-state index in [4.69, 9.17) is 14.7 Å². The van der Waals surface area contributed by atoms with E-state index >= 15 is 0 Å². The maximum Gasteiger partial charge on any atom is 0.232 e. The summed E-state index contributed by atoms with van der Waals surface area (Å²) in [5.41, 5.74) is 3.43. The summed E-state index contributed by atoms with van der Waals surface area (Å²) in [6.07, 6.45) is 5.03. The zero-order valence-corrected chi connectivity index (χ0v) is 20.8. The summed E-state index contributed by atoms with van der Waals surface area (Å²) < 4.78 is 9.17. The van der Waals surface area contributed by atoms with E-state index in [2.05, 4.69) is 37.7 Å². The zero-order chi connectivity index (χ0) is 25.2. The quantitative estimate of drug-likeness (QED) is 0.375. The number of carbonyl (C=O) groups excluding carboxylic acids is 1. The van der Waals surface area contributed by atoms with Crippen molar-refractivity contribution >= 4 is 46.0 Å². The molecule has 1 aromatic carbocycles. The molecule has 3 aromatic heterocycles. The third-order valence-electron chi connectivity index (χ3n) is 6.81. The fourth-order valence-electron chi connectivity index (χ4n) is 4.74. The molecular weight excluding hydrogens is 472 g/mol. The van der Waals surface area contributed by atoms with Crippen LogP contribution in [-0.2, 0) is 23.1 Å². The van der Waals surface area contributed by atoms with Gasteiger partial charge in [0.2, 0.25) is 11.9 Å². The van der Waals surface area contributed by atoms with Crippen LogP contribution < -0.4 is 15.5 Å². The van der Waals surface area contributed by atoms with Crippen molar-refractivity contribution in [2.24, 2.45) is 7.05 Å². The molecule has 6 rings (SSSR count). The number of likely N-dealkylation sites (tertiary alicyclic amines) is 1. The Morgan fingerprint density at radius 1 is 1.00 bits per heavy atom. The lowest BCUT2D eigenvalue weighted by Crippen LogP contribution is -2.36. The van der Waals surface area contributed by atoms with Gasteiger partial charge in [0.25, 0.3) is 0 Å². The number of carbonyl (C=O) groups is 1. The number of rotatable bonds is 8. The van der Waals surface area contributed by atoms with Gasteiger partial charge in [0.15, 0.2) is 17.0 Å². The monoisotopic (exact) mass is 502 g/mol. The number of benzene rings is 1. The number of aromatic nitrogens is 6. The number of anilines is 5. The molecule has 2 saturated heterocycles. The van der Waals surface area contributed by atoms with Crippen LogP contribution in [0.25, 0.3) is 11.2 Å². The highest BCUT2D eigenvalue weighted by molar-refractivity contribution is 5.87. The van der Waals surface area contributed by atoms with Gasteiger partial charge in [0.1, 0.15) is 5.82 Å². The molecule has 0 unspecified atom stereocenters. The van der Waals surface area contributed by atoms with Gasteiger partial charge >= 0.3 is 0 Å². The molecule has 4 aromatic rings. The Labute approximate surface area is 214 Å². The van der Waals surface area contributed by atoms with Crippen molar-refractivity contribution in [2.75, 3.05) is 54.9 Å². The van der Waals surface area contributed by atoms with Gasteiger partial charge in [-0.1, -0.05) is 0 Å². The molecule has 192 valence electrons. The van der Waals surface area contributed by atoms with E-state index in [1.165, 1.54) is 5.69 Å². The molecule has 0 spiro atoms. The number of nitrogens with zero attached hydrogens (tertiary/aromatic N) is 8. The van der Waals surface area contributed by atoms with Crippen molar-refractivity contribution in [1.82, 2.24) is 34.2 Å². The number of ether oxygens (including phenoxy) is 1. The molecule has 12 heteroatoms. The number of fused-ring (bicyclic) bond motifs is 1. The molecule has 2 aliphatic heterocycles. The minimum Gasteiger partial charge on any atom is -0.378 e. The Bertz CT molecular complexity index is 1390. The second-order valence-corrected chi connectivity index (χ2v) is 9.23. The van der Waals surface area contributed by atoms with Crippen LogP contribution in [0.15, 0.2) is 42.9 Å². The van der Waals surface area contributed by atoms with Crippen LogP contribution in [0.2, 0.25) is 0 Å². The Morgan fingerprint density at radius 2 is 1.84 bits per heavy atom. The molecule has 2 N–H and O–H groups in total. The second-order valence-electron chi connectivity index (χ2n) is 9.23. The summed E-state index contributed by atoms with van der Waals surface area (Å²) in [4.78, 5) is 30.4. The molecule has 2 fully saturated rings. The maximum absolute atomic E-state index is 12.1.